The molecule has 2 unspecified atom stereocenters. The maximum atomic E-state index is 13.1. The van der Waals surface area contributed by atoms with Crippen LogP contribution in [0.2, 0.25) is 0 Å². The van der Waals surface area contributed by atoms with E-state index in [0.717, 1.165) is 11.1 Å². The Kier molecular flexibility index (Phi) is 3.42. The van der Waals surface area contributed by atoms with Gasteiger partial charge >= 0.3 is 0 Å². The first-order valence-corrected chi connectivity index (χ1v) is 8.90. The van der Waals surface area contributed by atoms with Gasteiger partial charge in [0.1, 0.15) is 10.9 Å². The first kappa shape index (κ1) is 15.3. The summed E-state index contributed by atoms with van der Waals surface area (Å²) in [6.45, 7) is 0. The van der Waals surface area contributed by atoms with Crippen LogP contribution in [0.1, 0.15) is 21.5 Å². The second-order valence-corrected chi connectivity index (χ2v) is 7.50. The zero-order valence-corrected chi connectivity index (χ0v) is 14.4. The summed E-state index contributed by atoms with van der Waals surface area (Å²) in [5.74, 6) is 0.521. The number of likely N-dealkylation sites (N-methyl/N-ethyl adjacent to an activating group) is 1. The lowest BCUT2D eigenvalue weighted by molar-refractivity contribution is -0.133. The van der Waals surface area contributed by atoms with E-state index >= 15 is 0 Å². The molecule has 4 nitrogen and oxygen atoms in total. The Morgan fingerprint density at radius 3 is 2.50 bits per heavy atom. The SMILES string of the molecule is CN(C)C(=O)C1CSC2(c3ccccc3)c3ccccc3C(=O)N12. The van der Waals surface area contributed by atoms with E-state index < -0.39 is 10.9 Å². The monoisotopic (exact) mass is 338 g/mol. The van der Waals surface area contributed by atoms with Gasteiger partial charge in [-0.05, 0) is 11.6 Å². The van der Waals surface area contributed by atoms with E-state index in [-0.39, 0.29) is 11.8 Å². The van der Waals surface area contributed by atoms with Crippen LogP contribution in [0.4, 0.5) is 0 Å². The molecule has 5 heteroatoms. The van der Waals surface area contributed by atoms with Gasteiger partial charge in [0.2, 0.25) is 5.91 Å². The van der Waals surface area contributed by atoms with E-state index in [0.29, 0.717) is 11.3 Å². The number of amides is 2. The second kappa shape index (κ2) is 5.38. The van der Waals surface area contributed by atoms with Crippen LogP contribution in [-0.2, 0) is 9.67 Å². The molecule has 0 saturated carbocycles. The molecule has 2 atom stereocenters. The zero-order valence-electron chi connectivity index (χ0n) is 13.6. The number of hydrogen-bond acceptors (Lipinski definition) is 3. The number of rotatable bonds is 2. The fourth-order valence-electron chi connectivity index (χ4n) is 3.67. The average molecular weight is 338 g/mol. The maximum absolute atomic E-state index is 13.1. The van der Waals surface area contributed by atoms with Gasteiger partial charge in [0, 0.05) is 31.0 Å². The molecule has 122 valence electrons. The zero-order chi connectivity index (χ0) is 16.9. The fraction of sp³-hybridized carbons (Fsp3) is 0.263. The van der Waals surface area contributed by atoms with Gasteiger partial charge in [-0.3, -0.25) is 9.59 Å². The third-order valence-corrected chi connectivity index (χ3v) is 6.29. The van der Waals surface area contributed by atoms with Crippen LogP contribution in [0.3, 0.4) is 0 Å². The van der Waals surface area contributed by atoms with Gasteiger partial charge < -0.3 is 9.80 Å². The average Bonchev–Trinajstić information content (AvgIpc) is 3.12. The highest BCUT2D eigenvalue weighted by Crippen LogP contribution is 2.57. The van der Waals surface area contributed by atoms with Crippen LogP contribution in [0.25, 0.3) is 0 Å². The van der Waals surface area contributed by atoms with Gasteiger partial charge in [0.05, 0.1) is 0 Å². The van der Waals surface area contributed by atoms with E-state index in [2.05, 4.69) is 0 Å². The lowest BCUT2D eigenvalue weighted by atomic mass is 9.96. The molecule has 2 aromatic carbocycles. The van der Waals surface area contributed by atoms with Crippen LogP contribution in [0.15, 0.2) is 54.6 Å². The summed E-state index contributed by atoms with van der Waals surface area (Å²) in [5.41, 5.74) is 2.73. The van der Waals surface area contributed by atoms with Crippen molar-refractivity contribution in [1.29, 1.82) is 0 Å². The summed E-state index contributed by atoms with van der Waals surface area (Å²) in [6.07, 6.45) is 0. The van der Waals surface area contributed by atoms with Crippen LogP contribution in [0, 0.1) is 0 Å². The van der Waals surface area contributed by atoms with Gasteiger partial charge in [-0.25, -0.2) is 0 Å². The van der Waals surface area contributed by atoms with Gasteiger partial charge in [-0.15, -0.1) is 11.8 Å². The largest absolute Gasteiger partial charge is 0.347 e. The molecule has 24 heavy (non-hydrogen) atoms. The number of benzene rings is 2. The van der Waals surface area contributed by atoms with Crippen molar-refractivity contribution in [1.82, 2.24) is 9.80 Å². The molecule has 0 spiro atoms. The maximum Gasteiger partial charge on any atom is 0.256 e. The highest BCUT2D eigenvalue weighted by molar-refractivity contribution is 8.00. The Labute approximate surface area is 145 Å². The van der Waals surface area contributed by atoms with E-state index in [9.17, 15) is 9.59 Å². The summed E-state index contributed by atoms with van der Waals surface area (Å²) in [6, 6.07) is 17.3. The molecule has 0 aliphatic carbocycles. The molecule has 2 aliphatic heterocycles. The minimum absolute atomic E-state index is 0.0264. The molecule has 2 amide bonds. The predicted octanol–water partition coefficient (Wildman–Crippen LogP) is 2.55. The Morgan fingerprint density at radius 2 is 1.79 bits per heavy atom. The Bertz CT molecular complexity index is 821. The molecular weight excluding hydrogens is 320 g/mol. The van der Waals surface area contributed by atoms with E-state index in [1.165, 1.54) is 0 Å². The van der Waals surface area contributed by atoms with Crippen molar-refractivity contribution in [2.75, 3.05) is 19.8 Å². The third-order valence-electron chi connectivity index (χ3n) is 4.73. The smallest absolute Gasteiger partial charge is 0.256 e. The lowest BCUT2D eigenvalue weighted by Gasteiger charge is -2.35. The molecule has 0 bridgehead atoms. The highest BCUT2D eigenvalue weighted by Gasteiger charge is 2.59. The van der Waals surface area contributed by atoms with Crippen LogP contribution in [0.5, 0.6) is 0 Å². The second-order valence-electron chi connectivity index (χ2n) is 6.29. The number of nitrogens with zero attached hydrogens (tertiary/aromatic N) is 2. The summed E-state index contributed by atoms with van der Waals surface area (Å²) in [5, 5.41) is 0. The van der Waals surface area contributed by atoms with E-state index in [1.807, 2.05) is 54.6 Å². The lowest BCUT2D eigenvalue weighted by Crippen LogP contribution is -2.50. The number of carbonyl (C=O) groups is 2. The predicted molar refractivity (Wildman–Crippen MR) is 94.8 cm³/mol. The molecule has 2 aliphatic rings. The molecule has 1 fully saturated rings. The minimum Gasteiger partial charge on any atom is -0.347 e. The topological polar surface area (TPSA) is 40.6 Å². The van der Waals surface area contributed by atoms with Crippen molar-refractivity contribution >= 4 is 23.6 Å². The molecule has 0 aromatic heterocycles. The Hall–Kier alpha value is -2.27. The van der Waals surface area contributed by atoms with Crippen molar-refractivity contribution in [2.45, 2.75) is 10.9 Å². The van der Waals surface area contributed by atoms with Crippen molar-refractivity contribution < 1.29 is 9.59 Å². The fourth-order valence-corrected chi connectivity index (χ4v) is 5.35. The summed E-state index contributed by atoms with van der Waals surface area (Å²) in [4.78, 5) is 28.6. The molecule has 0 radical (unpaired) electrons. The Balaban J connectivity index is 1.94. The Morgan fingerprint density at radius 1 is 1.12 bits per heavy atom. The van der Waals surface area contributed by atoms with Gasteiger partial charge in [-0.1, -0.05) is 48.5 Å². The number of hydrogen-bond donors (Lipinski definition) is 0. The highest BCUT2D eigenvalue weighted by atomic mass is 32.2. The molecular formula is C19H18N2O2S. The van der Waals surface area contributed by atoms with Crippen molar-refractivity contribution in [3.05, 3.63) is 71.3 Å². The molecule has 4 rings (SSSR count). The van der Waals surface area contributed by atoms with Crippen LogP contribution >= 0.6 is 11.8 Å². The van der Waals surface area contributed by atoms with Gasteiger partial charge in [-0.2, -0.15) is 0 Å². The number of fused-ring (bicyclic) bond motifs is 3. The van der Waals surface area contributed by atoms with E-state index in [4.69, 9.17) is 0 Å². The molecule has 0 N–H and O–H groups in total. The summed E-state index contributed by atoms with van der Waals surface area (Å²) in [7, 11) is 3.48. The molecule has 2 heterocycles. The van der Waals surface area contributed by atoms with Crippen LogP contribution < -0.4 is 0 Å². The third kappa shape index (κ3) is 1.88. The van der Waals surface area contributed by atoms with Crippen molar-refractivity contribution in [3.8, 4) is 0 Å². The standard InChI is InChI=1S/C19H18N2O2S/c1-20(2)18(23)16-12-24-19(13-8-4-3-5-9-13)15-11-7-6-10-14(15)17(22)21(16)19/h3-11,16H,12H2,1-2H3. The van der Waals surface area contributed by atoms with Crippen LogP contribution in [-0.4, -0.2) is 47.5 Å². The van der Waals surface area contributed by atoms with E-state index in [1.54, 1.807) is 35.7 Å². The normalized spacial score (nSPS) is 24.7. The molecule has 1 saturated heterocycles. The molecule has 2 aromatic rings. The van der Waals surface area contributed by atoms with Crippen molar-refractivity contribution in [2.24, 2.45) is 0 Å². The summed E-state index contributed by atoms with van der Waals surface area (Å²) >= 11 is 1.67. The first-order valence-electron chi connectivity index (χ1n) is 7.91. The number of thioether (sulfide) groups is 1. The number of carbonyl (C=O) groups excluding carboxylic acids is 2. The van der Waals surface area contributed by atoms with Gasteiger partial charge in [0.25, 0.3) is 5.91 Å². The van der Waals surface area contributed by atoms with Crippen molar-refractivity contribution in [3.63, 3.8) is 0 Å². The summed E-state index contributed by atoms with van der Waals surface area (Å²) < 4.78 is 0. The minimum atomic E-state index is -0.606. The first-order chi connectivity index (χ1) is 11.6. The van der Waals surface area contributed by atoms with Gasteiger partial charge in [0.15, 0.2) is 0 Å². The quantitative estimate of drug-likeness (QED) is 0.845.